The van der Waals surface area contributed by atoms with Crippen molar-refractivity contribution in [1.82, 2.24) is 4.90 Å². The average Bonchev–Trinajstić information content (AvgIpc) is 2.54. The van der Waals surface area contributed by atoms with Crippen LogP contribution in [0.15, 0.2) is 60.7 Å². The van der Waals surface area contributed by atoms with E-state index in [0.717, 1.165) is 17.5 Å². The second-order valence-corrected chi connectivity index (χ2v) is 4.94. The Morgan fingerprint density at radius 3 is 1.81 bits per heavy atom. The number of amides is 1. The van der Waals surface area contributed by atoms with E-state index in [2.05, 4.69) is 0 Å². The highest BCUT2D eigenvalue weighted by Crippen LogP contribution is 2.11. The molecule has 3 heteroatoms. The van der Waals surface area contributed by atoms with Crippen LogP contribution in [0.1, 0.15) is 24.5 Å². The summed E-state index contributed by atoms with van der Waals surface area (Å²) in [5, 5.41) is 0. The molecular weight excluding hydrogens is 262 g/mol. The Morgan fingerprint density at radius 2 is 1.38 bits per heavy atom. The van der Waals surface area contributed by atoms with Gasteiger partial charge in [0.1, 0.15) is 0 Å². The van der Waals surface area contributed by atoms with Crippen molar-refractivity contribution in [2.24, 2.45) is 0 Å². The van der Waals surface area contributed by atoms with Crippen LogP contribution in [-0.4, -0.2) is 17.6 Å². The molecule has 0 unspecified atom stereocenters. The Morgan fingerprint density at radius 1 is 0.905 bits per heavy atom. The Balaban J connectivity index is 2.08. The lowest BCUT2D eigenvalue weighted by molar-refractivity contribution is 0.0971. The molecule has 0 fully saturated rings. The second-order valence-electron chi connectivity index (χ2n) is 4.94. The first kappa shape index (κ1) is 15.1. The third kappa shape index (κ3) is 4.95. The van der Waals surface area contributed by atoms with Gasteiger partial charge in [-0.1, -0.05) is 67.6 Å². The van der Waals surface area contributed by atoms with Crippen LogP contribution in [0.4, 0.5) is 4.79 Å². The maximum atomic E-state index is 12.2. The van der Waals surface area contributed by atoms with Crippen molar-refractivity contribution in [3.05, 3.63) is 71.8 Å². The van der Waals surface area contributed by atoms with Crippen LogP contribution in [0.5, 0.6) is 0 Å². The summed E-state index contributed by atoms with van der Waals surface area (Å²) in [4.78, 5) is 14.0. The molecule has 0 atom stereocenters. The summed E-state index contributed by atoms with van der Waals surface area (Å²) in [6.45, 7) is 3.56. The molecule has 0 saturated carbocycles. The van der Waals surface area contributed by atoms with E-state index in [0.29, 0.717) is 19.7 Å². The standard InChI is InChI=1S/C18H21NO2/c1-2-13-21-18(20)19(14-16-9-5-3-6-10-16)15-17-11-7-4-8-12-17/h3-12H,2,13-15H2,1H3. The van der Waals surface area contributed by atoms with E-state index in [1.165, 1.54) is 0 Å². The highest BCUT2D eigenvalue weighted by atomic mass is 16.6. The SMILES string of the molecule is CCCOC(=O)N(Cc1ccccc1)Cc1ccccc1. The largest absolute Gasteiger partial charge is 0.449 e. The van der Waals surface area contributed by atoms with Crippen molar-refractivity contribution in [2.45, 2.75) is 26.4 Å². The van der Waals surface area contributed by atoms with Crippen LogP contribution in [0.25, 0.3) is 0 Å². The molecule has 0 heterocycles. The summed E-state index contributed by atoms with van der Waals surface area (Å²) in [5.74, 6) is 0. The van der Waals surface area contributed by atoms with Gasteiger partial charge >= 0.3 is 6.09 Å². The van der Waals surface area contributed by atoms with Gasteiger partial charge in [-0.3, -0.25) is 4.90 Å². The predicted molar refractivity (Wildman–Crippen MR) is 83.8 cm³/mol. The molecule has 110 valence electrons. The third-order valence-corrected chi connectivity index (χ3v) is 3.12. The molecule has 0 bridgehead atoms. The molecular formula is C18H21NO2. The van der Waals surface area contributed by atoms with Crippen LogP contribution in [0, 0.1) is 0 Å². The summed E-state index contributed by atoms with van der Waals surface area (Å²) in [5.41, 5.74) is 2.20. The number of nitrogens with zero attached hydrogens (tertiary/aromatic N) is 1. The summed E-state index contributed by atoms with van der Waals surface area (Å²) >= 11 is 0. The van der Waals surface area contributed by atoms with Crippen molar-refractivity contribution in [1.29, 1.82) is 0 Å². The first-order valence-corrected chi connectivity index (χ1v) is 7.29. The van der Waals surface area contributed by atoms with Crippen LogP contribution < -0.4 is 0 Å². The fourth-order valence-electron chi connectivity index (χ4n) is 2.07. The van der Waals surface area contributed by atoms with Crippen molar-refractivity contribution in [2.75, 3.05) is 6.61 Å². The minimum Gasteiger partial charge on any atom is -0.449 e. The smallest absolute Gasteiger partial charge is 0.410 e. The molecule has 2 aromatic rings. The molecule has 0 aliphatic rings. The monoisotopic (exact) mass is 283 g/mol. The third-order valence-electron chi connectivity index (χ3n) is 3.12. The van der Waals surface area contributed by atoms with E-state index in [1.807, 2.05) is 67.6 Å². The molecule has 0 spiro atoms. The number of ether oxygens (including phenoxy) is 1. The van der Waals surface area contributed by atoms with Crippen LogP contribution in [0.3, 0.4) is 0 Å². The van der Waals surface area contributed by atoms with Gasteiger partial charge in [0.2, 0.25) is 0 Å². The van der Waals surface area contributed by atoms with E-state index in [-0.39, 0.29) is 6.09 Å². The van der Waals surface area contributed by atoms with E-state index in [4.69, 9.17) is 4.74 Å². The van der Waals surface area contributed by atoms with E-state index < -0.39 is 0 Å². The zero-order valence-electron chi connectivity index (χ0n) is 12.4. The molecule has 2 rings (SSSR count). The number of hydrogen-bond donors (Lipinski definition) is 0. The lowest BCUT2D eigenvalue weighted by Crippen LogP contribution is -2.30. The topological polar surface area (TPSA) is 29.5 Å². The molecule has 0 N–H and O–H groups in total. The van der Waals surface area contributed by atoms with Crippen molar-refractivity contribution >= 4 is 6.09 Å². The molecule has 21 heavy (non-hydrogen) atoms. The van der Waals surface area contributed by atoms with Gasteiger partial charge in [-0.2, -0.15) is 0 Å². The first-order valence-electron chi connectivity index (χ1n) is 7.29. The second kappa shape index (κ2) is 8.10. The zero-order valence-corrected chi connectivity index (χ0v) is 12.4. The quantitative estimate of drug-likeness (QED) is 0.793. The van der Waals surface area contributed by atoms with Gasteiger partial charge in [-0.05, 0) is 17.5 Å². The number of benzene rings is 2. The summed E-state index contributed by atoms with van der Waals surface area (Å²) < 4.78 is 5.28. The minimum absolute atomic E-state index is 0.260. The Kier molecular flexibility index (Phi) is 5.83. The number of rotatable bonds is 6. The molecule has 0 aliphatic heterocycles. The maximum absolute atomic E-state index is 12.2. The van der Waals surface area contributed by atoms with E-state index in [1.54, 1.807) is 4.90 Å². The molecule has 0 aliphatic carbocycles. The first-order chi connectivity index (χ1) is 10.3. The highest BCUT2D eigenvalue weighted by molar-refractivity contribution is 5.67. The molecule has 0 radical (unpaired) electrons. The Bertz CT molecular complexity index is 498. The molecule has 1 amide bonds. The van der Waals surface area contributed by atoms with Gasteiger partial charge in [0.05, 0.1) is 6.61 Å². The maximum Gasteiger partial charge on any atom is 0.410 e. The van der Waals surface area contributed by atoms with Crippen molar-refractivity contribution in [3.8, 4) is 0 Å². The van der Waals surface area contributed by atoms with Crippen LogP contribution >= 0.6 is 0 Å². The fourth-order valence-corrected chi connectivity index (χ4v) is 2.07. The Labute approximate surface area is 126 Å². The lowest BCUT2D eigenvalue weighted by atomic mass is 10.2. The van der Waals surface area contributed by atoms with Crippen molar-refractivity contribution in [3.63, 3.8) is 0 Å². The number of carbonyl (C=O) groups is 1. The zero-order chi connectivity index (χ0) is 14.9. The summed E-state index contributed by atoms with van der Waals surface area (Å²) in [7, 11) is 0. The highest BCUT2D eigenvalue weighted by Gasteiger charge is 2.15. The fraction of sp³-hybridized carbons (Fsp3) is 0.278. The molecule has 3 nitrogen and oxygen atoms in total. The van der Waals surface area contributed by atoms with Gasteiger partial charge in [-0.25, -0.2) is 4.79 Å². The average molecular weight is 283 g/mol. The predicted octanol–water partition coefficient (Wildman–Crippen LogP) is 4.24. The Hall–Kier alpha value is -2.29. The minimum atomic E-state index is -0.260. The van der Waals surface area contributed by atoms with Crippen molar-refractivity contribution < 1.29 is 9.53 Å². The van der Waals surface area contributed by atoms with Crippen LogP contribution in [-0.2, 0) is 17.8 Å². The normalized spacial score (nSPS) is 10.1. The van der Waals surface area contributed by atoms with Crippen LogP contribution in [0.2, 0.25) is 0 Å². The molecule has 0 aromatic heterocycles. The van der Waals surface area contributed by atoms with Gasteiger partial charge < -0.3 is 4.74 Å². The number of carbonyl (C=O) groups excluding carboxylic acids is 1. The summed E-state index contributed by atoms with van der Waals surface area (Å²) in [6.07, 6.45) is 0.570. The molecule has 0 saturated heterocycles. The lowest BCUT2D eigenvalue weighted by Gasteiger charge is -2.22. The summed E-state index contributed by atoms with van der Waals surface area (Å²) in [6, 6.07) is 19.9. The van der Waals surface area contributed by atoms with Gasteiger partial charge in [0.25, 0.3) is 0 Å². The van der Waals surface area contributed by atoms with Gasteiger partial charge in [0, 0.05) is 13.1 Å². The van der Waals surface area contributed by atoms with E-state index >= 15 is 0 Å². The van der Waals surface area contributed by atoms with E-state index in [9.17, 15) is 4.79 Å². The van der Waals surface area contributed by atoms with Gasteiger partial charge in [-0.15, -0.1) is 0 Å². The molecule has 2 aromatic carbocycles. The van der Waals surface area contributed by atoms with Gasteiger partial charge in [0.15, 0.2) is 0 Å². The number of hydrogen-bond acceptors (Lipinski definition) is 2.